The third kappa shape index (κ3) is 6.06. The van der Waals surface area contributed by atoms with Crippen molar-refractivity contribution in [3.63, 3.8) is 0 Å². The van der Waals surface area contributed by atoms with Crippen LogP contribution in [0.15, 0.2) is 48.7 Å². The van der Waals surface area contributed by atoms with Crippen LogP contribution >= 0.6 is 0 Å². The summed E-state index contributed by atoms with van der Waals surface area (Å²) in [5.74, 6) is 0.973. The standard InChI is InChI=1S/C29H37N7O3/c1-8-36(16-15-34(3)4)25-14-13-20(17-23(25)30-19(2)37)31-29-32-26(27(38-6)28(33-29)39-7)22-18-35(5)24-12-10-9-11-21(22)24/h9-14,17-18H,8,15-16H2,1-7H3,(H,30,37)(H,31,32,33). The molecule has 206 valence electrons. The summed E-state index contributed by atoms with van der Waals surface area (Å²) in [5.41, 5.74) is 4.98. The van der Waals surface area contributed by atoms with E-state index < -0.39 is 0 Å². The molecule has 2 N–H and O–H groups in total. The van der Waals surface area contributed by atoms with Gasteiger partial charge in [0.2, 0.25) is 17.6 Å². The Kier molecular flexibility index (Phi) is 8.55. The monoisotopic (exact) mass is 531 g/mol. The number of aryl methyl sites for hydroxylation is 1. The number of aromatic nitrogens is 3. The number of hydrogen-bond donors (Lipinski definition) is 2. The number of rotatable bonds is 11. The van der Waals surface area contributed by atoms with E-state index in [9.17, 15) is 4.79 Å². The highest BCUT2D eigenvalue weighted by molar-refractivity contribution is 5.97. The molecule has 2 aromatic heterocycles. The topological polar surface area (TPSA) is 96.8 Å². The van der Waals surface area contributed by atoms with Crippen molar-refractivity contribution in [2.24, 2.45) is 7.05 Å². The fourth-order valence-corrected chi connectivity index (χ4v) is 4.60. The maximum absolute atomic E-state index is 12.1. The maximum atomic E-state index is 12.1. The highest BCUT2D eigenvalue weighted by Gasteiger charge is 2.21. The predicted molar refractivity (Wildman–Crippen MR) is 158 cm³/mol. The van der Waals surface area contributed by atoms with Gasteiger partial charge in [0.05, 0.1) is 25.6 Å². The number of fused-ring (bicyclic) bond motifs is 1. The second kappa shape index (κ2) is 12.0. The molecule has 0 radical (unpaired) electrons. The van der Waals surface area contributed by atoms with Crippen molar-refractivity contribution in [1.82, 2.24) is 19.4 Å². The average Bonchev–Trinajstić information content (AvgIpc) is 3.25. The normalized spacial score (nSPS) is 11.1. The molecule has 4 rings (SSSR count). The van der Waals surface area contributed by atoms with Crippen LogP contribution in [0.2, 0.25) is 0 Å². The first-order chi connectivity index (χ1) is 18.7. The van der Waals surface area contributed by atoms with Crippen LogP contribution in [0.4, 0.5) is 23.0 Å². The Morgan fingerprint density at radius 2 is 1.82 bits per heavy atom. The van der Waals surface area contributed by atoms with Gasteiger partial charge >= 0.3 is 0 Å². The van der Waals surface area contributed by atoms with Crippen LogP contribution in [-0.2, 0) is 11.8 Å². The maximum Gasteiger partial charge on any atom is 0.262 e. The summed E-state index contributed by atoms with van der Waals surface area (Å²) < 4.78 is 13.3. The van der Waals surface area contributed by atoms with Gasteiger partial charge in [-0.05, 0) is 45.3 Å². The van der Waals surface area contributed by atoms with E-state index in [1.165, 1.54) is 6.92 Å². The molecule has 0 fully saturated rings. The summed E-state index contributed by atoms with van der Waals surface area (Å²) in [6.07, 6.45) is 2.02. The molecule has 0 saturated carbocycles. The number of carbonyl (C=O) groups excluding carboxylic acids is 1. The lowest BCUT2D eigenvalue weighted by Gasteiger charge is -2.27. The van der Waals surface area contributed by atoms with Crippen molar-refractivity contribution < 1.29 is 14.3 Å². The van der Waals surface area contributed by atoms with Crippen LogP contribution in [0.25, 0.3) is 22.2 Å². The van der Waals surface area contributed by atoms with Crippen molar-refractivity contribution in [3.8, 4) is 22.9 Å². The molecule has 2 aromatic carbocycles. The molecule has 0 bridgehead atoms. The van der Waals surface area contributed by atoms with E-state index in [4.69, 9.17) is 14.5 Å². The Morgan fingerprint density at radius 3 is 2.49 bits per heavy atom. The minimum Gasteiger partial charge on any atom is -0.490 e. The fraction of sp³-hybridized carbons (Fsp3) is 0.345. The van der Waals surface area contributed by atoms with E-state index in [0.29, 0.717) is 29.0 Å². The SMILES string of the molecule is CCN(CCN(C)C)c1ccc(Nc2nc(OC)c(OC)c(-c3cn(C)c4ccccc34)n2)cc1NC(C)=O. The second-order valence-electron chi connectivity index (χ2n) is 9.53. The third-order valence-corrected chi connectivity index (χ3v) is 6.49. The summed E-state index contributed by atoms with van der Waals surface area (Å²) in [4.78, 5) is 25.8. The largest absolute Gasteiger partial charge is 0.490 e. The minimum absolute atomic E-state index is 0.141. The second-order valence-corrected chi connectivity index (χ2v) is 9.53. The molecular weight excluding hydrogens is 494 g/mol. The molecule has 2 heterocycles. The number of nitrogens with one attached hydrogen (secondary N) is 2. The van der Waals surface area contributed by atoms with Crippen LogP contribution in [0.3, 0.4) is 0 Å². The lowest BCUT2D eigenvalue weighted by atomic mass is 10.1. The number of amides is 1. The van der Waals surface area contributed by atoms with Crippen LogP contribution in [0, 0.1) is 0 Å². The average molecular weight is 532 g/mol. The summed E-state index contributed by atoms with van der Waals surface area (Å²) in [6, 6.07) is 14.0. The van der Waals surface area contributed by atoms with E-state index in [-0.39, 0.29) is 5.91 Å². The summed E-state index contributed by atoms with van der Waals surface area (Å²) >= 11 is 0. The van der Waals surface area contributed by atoms with Gasteiger partial charge in [0, 0.05) is 62.0 Å². The van der Waals surface area contributed by atoms with Gasteiger partial charge in [0.15, 0.2) is 0 Å². The number of hydrogen-bond acceptors (Lipinski definition) is 8. The molecular formula is C29H37N7O3. The lowest BCUT2D eigenvalue weighted by Crippen LogP contribution is -2.32. The zero-order chi connectivity index (χ0) is 28.1. The minimum atomic E-state index is -0.141. The molecule has 0 atom stereocenters. The van der Waals surface area contributed by atoms with E-state index in [0.717, 1.165) is 47.5 Å². The van der Waals surface area contributed by atoms with Crippen molar-refractivity contribution >= 4 is 39.8 Å². The highest BCUT2D eigenvalue weighted by atomic mass is 16.5. The Labute approximate surface area is 229 Å². The van der Waals surface area contributed by atoms with Crippen molar-refractivity contribution in [2.45, 2.75) is 13.8 Å². The molecule has 4 aromatic rings. The van der Waals surface area contributed by atoms with Crippen LogP contribution in [0.1, 0.15) is 13.8 Å². The first-order valence-corrected chi connectivity index (χ1v) is 12.9. The van der Waals surface area contributed by atoms with Crippen LogP contribution < -0.4 is 25.0 Å². The number of benzene rings is 2. The van der Waals surface area contributed by atoms with Crippen molar-refractivity contribution in [3.05, 3.63) is 48.7 Å². The van der Waals surface area contributed by atoms with Gasteiger partial charge in [0.1, 0.15) is 5.69 Å². The summed E-state index contributed by atoms with van der Waals surface area (Å²) in [5, 5.41) is 7.32. The van der Waals surface area contributed by atoms with Gasteiger partial charge in [0.25, 0.3) is 5.88 Å². The van der Waals surface area contributed by atoms with E-state index >= 15 is 0 Å². The van der Waals surface area contributed by atoms with Crippen LogP contribution in [-0.4, -0.2) is 73.3 Å². The first kappa shape index (κ1) is 27.7. The van der Waals surface area contributed by atoms with Gasteiger partial charge in [-0.25, -0.2) is 4.98 Å². The highest BCUT2D eigenvalue weighted by Crippen LogP contribution is 2.40. The third-order valence-electron chi connectivity index (χ3n) is 6.49. The Morgan fingerprint density at radius 1 is 1.05 bits per heavy atom. The fourth-order valence-electron chi connectivity index (χ4n) is 4.60. The smallest absolute Gasteiger partial charge is 0.262 e. The first-order valence-electron chi connectivity index (χ1n) is 12.9. The van der Waals surface area contributed by atoms with Gasteiger partial charge in [-0.2, -0.15) is 4.98 Å². The number of para-hydroxylation sites is 1. The Bertz CT molecular complexity index is 1470. The number of nitrogens with zero attached hydrogens (tertiary/aromatic N) is 5. The Balaban J connectivity index is 1.76. The van der Waals surface area contributed by atoms with E-state index in [2.05, 4.69) is 49.0 Å². The number of likely N-dealkylation sites (N-methyl/N-ethyl adjacent to an activating group) is 2. The summed E-state index contributed by atoms with van der Waals surface area (Å²) in [7, 11) is 9.23. The number of anilines is 4. The molecule has 0 aliphatic heterocycles. The molecule has 0 aliphatic carbocycles. The number of carbonyl (C=O) groups is 1. The molecule has 10 heteroatoms. The number of methoxy groups -OCH3 is 2. The molecule has 0 aliphatic rings. The molecule has 0 unspecified atom stereocenters. The van der Waals surface area contributed by atoms with E-state index in [1.54, 1.807) is 14.2 Å². The van der Waals surface area contributed by atoms with Gasteiger partial charge in [-0.1, -0.05) is 18.2 Å². The lowest BCUT2D eigenvalue weighted by molar-refractivity contribution is -0.114. The number of ether oxygens (including phenoxy) is 2. The van der Waals surface area contributed by atoms with Crippen molar-refractivity contribution in [1.29, 1.82) is 0 Å². The molecule has 39 heavy (non-hydrogen) atoms. The molecule has 0 saturated heterocycles. The molecule has 1 amide bonds. The Hall–Kier alpha value is -4.31. The van der Waals surface area contributed by atoms with E-state index in [1.807, 2.05) is 57.7 Å². The predicted octanol–water partition coefficient (Wildman–Crippen LogP) is 4.74. The zero-order valence-corrected chi connectivity index (χ0v) is 23.7. The molecule has 10 nitrogen and oxygen atoms in total. The van der Waals surface area contributed by atoms with Gasteiger partial charge < -0.3 is 34.5 Å². The van der Waals surface area contributed by atoms with Crippen LogP contribution in [0.5, 0.6) is 11.6 Å². The summed E-state index contributed by atoms with van der Waals surface area (Å²) in [6.45, 7) is 6.14. The van der Waals surface area contributed by atoms with Gasteiger partial charge in [-0.15, -0.1) is 0 Å². The van der Waals surface area contributed by atoms with Crippen molar-refractivity contribution in [2.75, 3.05) is 63.5 Å². The zero-order valence-electron chi connectivity index (χ0n) is 23.7. The quantitative estimate of drug-likeness (QED) is 0.286. The van der Waals surface area contributed by atoms with Gasteiger partial charge in [-0.3, -0.25) is 4.79 Å². The molecule has 0 spiro atoms.